The number of methoxy groups -OCH3 is 1. The molecule has 0 heterocycles. The Labute approximate surface area is 123 Å². The van der Waals surface area contributed by atoms with Gasteiger partial charge in [0.05, 0.1) is 11.6 Å². The summed E-state index contributed by atoms with van der Waals surface area (Å²) in [5.41, 5.74) is 4.01. The van der Waals surface area contributed by atoms with E-state index in [1.54, 1.807) is 0 Å². The molecular formula is C18H29NO. The molecule has 20 heavy (non-hydrogen) atoms. The van der Waals surface area contributed by atoms with Crippen molar-refractivity contribution in [1.82, 2.24) is 5.32 Å². The largest absolute Gasteiger partial charge is 0.376 e. The smallest absolute Gasteiger partial charge is 0.0872 e. The molecule has 0 amide bonds. The second-order valence-corrected chi connectivity index (χ2v) is 6.52. The molecule has 1 saturated carbocycles. The van der Waals surface area contributed by atoms with Gasteiger partial charge in [-0.05, 0) is 69.2 Å². The fourth-order valence-corrected chi connectivity index (χ4v) is 3.54. The van der Waals surface area contributed by atoms with Crippen molar-refractivity contribution in [2.45, 2.75) is 58.1 Å². The summed E-state index contributed by atoms with van der Waals surface area (Å²) in [6, 6.07) is 7.07. The number of aryl methyl sites for hydroxylation is 2. The molecule has 1 fully saturated rings. The van der Waals surface area contributed by atoms with Gasteiger partial charge in [-0.1, -0.05) is 25.1 Å². The van der Waals surface area contributed by atoms with Crippen LogP contribution in [0.4, 0.5) is 0 Å². The van der Waals surface area contributed by atoms with Gasteiger partial charge in [0.2, 0.25) is 0 Å². The molecule has 1 unspecified atom stereocenters. The maximum Gasteiger partial charge on any atom is 0.0872 e. The van der Waals surface area contributed by atoms with Crippen molar-refractivity contribution >= 4 is 0 Å². The van der Waals surface area contributed by atoms with Crippen LogP contribution in [0.1, 0.15) is 55.3 Å². The van der Waals surface area contributed by atoms with Gasteiger partial charge in [0, 0.05) is 7.11 Å². The zero-order valence-corrected chi connectivity index (χ0v) is 13.6. The van der Waals surface area contributed by atoms with E-state index in [4.69, 9.17) is 4.74 Å². The number of benzene rings is 1. The second kappa shape index (κ2) is 6.28. The number of nitrogens with one attached hydrogen (secondary N) is 1. The van der Waals surface area contributed by atoms with Crippen LogP contribution in [0.25, 0.3) is 0 Å². The van der Waals surface area contributed by atoms with E-state index in [1.165, 1.54) is 29.5 Å². The van der Waals surface area contributed by atoms with Crippen molar-refractivity contribution in [3.05, 3.63) is 34.9 Å². The molecule has 112 valence electrons. The SMILES string of the molecule is CNC(c1ccc(C)c(C)c1)C1(OC)CCC(C)CC1. The van der Waals surface area contributed by atoms with E-state index in [1.807, 2.05) is 7.11 Å². The van der Waals surface area contributed by atoms with Gasteiger partial charge in [-0.25, -0.2) is 0 Å². The minimum absolute atomic E-state index is 0.0526. The Balaban J connectivity index is 2.31. The molecule has 0 aromatic heterocycles. The van der Waals surface area contributed by atoms with E-state index in [-0.39, 0.29) is 11.6 Å². The lowest BCUT2D eigenvalue weighted by atomic mass is 9.73. The van der Waals surface area contributed by atoms with Crippen LogP contribution >= 0.6 is 0 Å². The lowest BCUT2D eigenvalue weighted by Crippen LogP contribution is -2.47. The minimum Gasteiger partial charge on any atom is -0.376 e. The average Bonchev–Trinajstić information content (AvgIpc) is 2.46. The molecule has 1 aliphatic carbocycles. The maximum atomic E-state index is 6.04. The van der Waals surface area contributed by atoms with E-state index in [9.17, 15) is 0 Å². The lowest BCUT2D eigenvalue weighted by molar-refractivity contribution is -0.0745. The Morgan fingerprint density at radius 1 is 1.20 bits per heavy atom. The number of hydrogen-bond acceptors (Lipinski definition) is 2. The molecule has 0 aliphatic heterocycles. The topological polar surface area (TPSA) is 21.3 Å². The predicted octanol–water partition coefficient (Wildman–Crippen LogP) is 4.16. The normalized spacial score (nSPS) is 28.4. The summed E-state index contributed by atoms with van der Waals surface area (Å²) in [6.45, 7) is 6.71. The first kappa shape index (κ1) is 15.5. The zero-order valence-electron chi connectivity index (χ0n) is 13.6. The molecule has 2 nitrogen and oxygen atoms in total. The van der Waals surface area contributed by atoms with E-state index >= 15 is 0 Å². The molecule has 0 spiro atoms. The molecule has 2 heteroatoms. The third kappa shape index (κ3) is 2.91. The van der Waals surface area contributed by atoms with E-state index in [0.29, 0.717) is 0 Å². The summed E-state index contributed by atoms with van der Waals surface area (Å²) in [5, 5.41) is 3.52. The highest BCUT2D eigenvalue weighted by atomic mass is 16.5. The summed E-state index contributed by atoms with van der Waals surface area (Å²) in [6.07, 6.45) is 4.81. The van der Waals surface area contributed by atoms with Crippen LogP contribution in [0.15, 0.2) is 18.2 Å². The molecule has 1 atom stereocenters. The molecule has 1 aliphatic rings. The van der Waals surface area contributed by atoms with Crippen molar-refractivity contribution in [2.24, 2.45) is 5.92 Å². The first-order valence-electron chi connectivity index (χ1n) is 7.82. The predicted molar refractivity (Wildman–Crippen MR) is 85.1 cm³/mol. The summed E-state index contributed by atoms with van der Waals surface area (Å²) < 4.78 is 6.04. The van der Waals surface area contributed by atoms with E-state index < -0.39 is 0 Å². The molecule has 0 saturated heterocycles. The van der Waals surface area contributed by atoms with Crippen LogP contribution < -0.4 is 5.32 Å². The van der Waals surface area contributed by atoms with Gasteiger partial charge >= 0.3 is 0 Å². The van der Waals surface area contributed by atoms with Crippen LogP contribution in [-0.2, 0) is 4.74 Å². The van der Waals surface area contributed by atoms with Crippen molar-refractivity contribution in [2.75, 3.05) is 14.2 Å². The van der Waals surface area contributed by atoms with Gasteiger partial charge in [-0.2, -0.15) is 0 Å². The van der Waals surface area contributed by atoms with Crippen molar-refractivity contribution in [3.63, 3.8) is 0 Å². The molecule has 1 N–H and O–H groups in total. The average molecular weight is 275 g/mol. The first-order valence-corrected chi connectivity index (χ1v) is 7.82. The fraction of sp³-hybridized carbons (Fsp3) is 0.667. The van der Waals surface area contributed by atoms with Gasteiger partial charge in [-0.3, -0.25) is 0 Å². The quantitative estimate of drug-likeness (QED) is 0.891. The Morgan fingerprint density at radius 3 is 2.35 bits per heavy atom. The molecule has 2 rings (SSSR count). The van der Waals surface area contributed by atoms with Crippen LogP contribution in [-0.4, -0.2) is 19.8 Å². The molecule has 1 aromatic rings. The number of rotatable bonds is 4. The highest BCUT2D eigenvalue weighted by molar-refractivity contribution is 5.33. The van der Waals surface area contributed by atoms with Crippen molar-refractivity contribution < 1.29 is 4.74 Å². The van der Waals surface area contributed by atoms with E-state index in [0.717, 1.165) is 18.8 Å². The van der Waals surface area contributed by atoms with Crippen molar-refractivity contribution in [3.8, 4) is 0 Å². The molecule has 1 aromatic carbocycles. The maximum absolute atomic E-state index is 6.04. The van der Waals surface area contributed by atoms with Gasteiger partial charge in [0.15, 0.2) is 0 Å². The standard InChI is InChI=1S/C18H29NO/c1-13-8-10-18(20-5,11-9-13)17(19-4)16-7-6-14(2)15(3)12-16/h6-7,12-13,17,19H,8-11H2,1-5H3. The minimum atomic E-state index is -0.0526. The third-order valence-corrected chi connectivity index (χ3v) is 5.21. The van der Waals surface area contributed by atoms with Crippen LogP contribution in [0.5, 0.6) is 0 Å². The van der Waals surface area contributed by atoms with Gasteiger partial charge in [0.1, 0.15) is 0 Å². The zero-order chi connectivity index (χ0) is 14.8. The monoisotopic (exact) mass is 275 g/mol. The molecule has 0 radical (unpaired) electrons. The van der Waals surface area contributed by atoms with Gasteiger partial charge in [-0.15, -0.1) is 0 Å². The van der Waals surface area contributed by atoms with Crippen LogP contribution in [0, 0.1) is 19.8 Å². The highest BCUT2D eigenvalue weighted by Gasteiger charge is 2.41. The fourth-order valence-electron chi connectivity index (χ4n) is 3.54. The van der Waals surface area contributed by atoms with Crippen LogP contribution in [0.2, 0.25) is 0 Å². The number of ether oxygens (including phenoxy) is 1. The lowest BCUT2D eigenvalue weighted by Gasteiger charge is -2.44. The summed E-state index contributed by atoms with van der Waals surface area (Å²) >= 11 is 0. The Hall–Kier alpha value is -0.860. The molecule has 0 bridgehead atoms. The highest BCUT2D eigenvalue weighted by Crippen LogP contribution is 2.42. The van der Waals surface area contributed by atoms with Gasteiger partial charge in [0.25, 0.3) is 0 Å². The Morgan fingerprint density at radius 2 is 1.85 bits per heavy atom. The van der Waals surface area contributed by atoms with Gasteiger partial charge < -0.3 is 10.1 Å². The van der Waals surface area contributed by atoms with Crippen LogP contribution in [0.3, 0.4) is 0 Å². The summed E-state index contributed by atoms with van der Waals surface area (Å²) in [5.74, 6) is 0.829. The Bertz CT molecular complexity index is 447. The summed E-state index contributed by atoms with van der Waals surface area (Å²) in [4.78, 5) is 0. The number of hydrogen-bond donors (Lipinski definition) is 1. The van der Waals surface area contributed by atoms with Crippen molar-refractivity contribution in [1.29, 1.82) is 0 Å². The third-order valence-electron chi connectivity index (χ3n) is 5.21. The molecular weight excluding hydrogens is 246 g/mol. The first-order chi connectivity index (χ1) is 9.52. The Kier molecular flexibility index (Phi) is 4.87. The number of likely N-dealkylation sites (N-methyl/N-ethyl adjacent to an activating group) is 1. The summed E-state index contributed by atoms with van der Waals surface area (Å²) in [7, 11) is 3.93. The van der Waals surface area contributed by atoms with E-state index in [2.05, 4.69) is 51.3 Å². The second-order valence-electron chi connectivity index (χ2n) is 6.52.